The maximum absolute atomic E-state index is 11.8. The summed E-state index contributed by atoms with van der Waals surface area (Å²) in [6.45, 7) is 5.41. The highest BCUT2D eigenvalue weighted by Crippen LogP contribution is 2.13. The van der Waals surface area contributed by atoms with Crippen molar-refractivity contribution in [2.24, 2.45) is 0 Å². The fraction of sp³-hybridized carbons (Fsp3) is 0.958. The molecule has 1 amide bonds. The molecule has 2 heteroatoms. The summed E-state index contributed by atoms with van der Waals surface area (Å²) < 4.78 is 0. The first-order valence-corrected chi connectivity index (χ1v) is 12.1. The number of unbranched alkanes of at least 4 members (excludes halogenated alkanes) is 17. The topological polar surface area (TPSA) is 29.1 Å². The van der Waals surface area contributed by atoms with Gasteiger partial charge in [-0.25, -0.2) is 0 Å². The van der Waals surface area contributed by atoms with Gasteiger partial charge in [-0.3, -0.25) is 4.79 Å². The summed E-state index contributed by atoms with van der Waals surface area (Å²) in [6, 6.07) is 0. The number of carbonyl (C=O) groups excluding carboxylic acids is 1. The van der Waals surface area contributed by atoms with E-state index in [1.807, 2.05) is 0 Å². The normalized spacial score (nSPS) is 11.0. The average Bonchev–Trinajstić information content (AvgIpc) is 2.64. The lowest BCUT2D eigenvalue weighted by molar-refractivity contribution is -0.121. The number of amides is 1. The highest BCUT2D eigenvalue weighted by atomic mass is 16.1. The van der Waals surface area contributed by atoms with Crippen molar-refractivity contribution in [3.05, 3.63) is 0 Å². The second-order valence-corrected chi connectivity index (χ2v) is 8.11. The van der Waals surface area contributed by atoms with Crippen LogP contribution in [0.2, 0.25) is 0 Å². The molecule has 0 aromatic carbocycles. The minimum Gasteiger partial charge on any atom is -0.356 e. The zero-order valence-electron chi connectivity index (χ0n) is 18.3. The van der Waals surface area contributed by atoms with Crippen LogP contribution in [0.3, 0.4) is 0 Å². The Hall–Kier alpha value is -0.530. The molecule has 0 saturated carbocycles. The monoisotopic (exact) mass is 367 g/mol. The molecule has 1 N–H and O–H groups in total. The van der Waals surface area contributed by atoms with E-state index in [1.165, 1.54) is 109 Å². The molecule has 0 bridgehead atoms. The van der Waals surface area contributed by atoms with E-state index in [0.29, 0.717) is 0 Å². The van der Waals surface area contributed by atoms with E-state index in [2.05, 4.69) is 19.2 Å². The summed E-state index contributed by atoms with van der Waals surface area (Å²) in [7, 11) is 0. The lowest BCUT2D eigenvalue weighted by Gasteiger charge is -2.05. The van der Waals surface area contributed by atoms with E-state index in [4.69, 9.17) is 0 Å². The molecule has 0 atom stereocenters. The first-order valence-electron chi connectivity index (χ1n) is 12.1. The van der Waals surface area contributed by atoms with Crippen LogP contribution in [0.4, 0.5) is 0 Å². The van der Waals surface area contributed by atoms with Gasteiger partial charge in [0, 0.05) is 13.0 Å². The van der Waals surface area contributed by atoms with Crippen LogP contribution in [-0.2, 0) is 4.79 Å². The molecule has 26 heavy (non-hydrogen) atoms. The Morgan fingerprint density at radius 3 is 1.27 bits per heavy atom. The molecule has 0 unspecified atom stereocenters. The summed E-state index contributed by atoms with van der Waals surface area (Å²) in [5, 5.41) is 3.08. The molecular weight excluding hydrogens is 318 g/mol. The van der Waals surface area contributed by atoms with Crippen molar-refractivity contribution in [2.75, 3.05) is 6.54 Å². The van der Waals surface area contributed by atoms with E-state index in [0.717, 1.165) is 25.8 Å². The second kappa shape index (κ2) is 22.5. The number of rotatable bonds is 21. The zero-order valence-corrected chi connectivity index (χ0v) is 18.3. The van der Waals surface area contributed by atoms with Crippen LogP contribution in [0.15, 0.2) is 0 Å². The molecular formula is C24H49NO. The van der Waals surface area contributed by atoms with E-state index in [1.54, 1.807) is 0 Å². The lowest BCUT2D eigenvalue weighted by Crippen LogP contribution is -2.23. The summed E-state index contributed by atoms with van der Waals surface area (Å²) in [6.07, 6.45) is 26.1. The fourth-order valence-corrected chi connectivity index (χ4v) is 3.52. The van der Waals surface area contributed by atoms with Crippen molar-refractivity contribution in [3.8, 4) is 0 Å². The standard InChI is InChI=1S/C24H49NO/c1-3-5-7-9-11-12-13-14-15-16-17-18-20-22-24(26)25-23-21-19-10-8-6-4-2/h3-23H2,1-2H3,(H,25,26). The number of nitrogens with one attached hydrogen (secondary N) is 1. The first-order chi connectivity index (χ1) is 12.8. The third-order valence-electron chi connectivity index (χ3n) is 5.36. The van der Waals surface area contributed by atoms with Crippen LogP contribution in [0.1, 0.15) is 142 Å². The fourth-order valence-electron chi connectivity index (χ4n) is 3.52. The molecule has 0 radical (unpaired) electrons. The molecule has 0 aromatic rings. The Balaban J connectivity index is 3.12. The molecule has 2 nitrogen and oxygen atoms in total. The van der Waals surface area contributed by atoms with Gasteiger partial charge in [-0.05, 0) is 12.8 Å². The van der Waals surface area contributed by atoms with E-state index < -0.39 is 0 Å². The highest BCUT2D eigenvalue weighted by Gasteiger charge is 2.00. The Morgan fingerprint density at radius 1 is 0.500 bits per heavy atom. The van der Waals surface area contributed by atoms with E-state index in [-0.39, 0.29) is 5.91 Å². The summed E-state index contributed by atoms with van der Waals surface area (Å²) >= 11 is 0. The Bertz CT molecular complexity index is 277. The second-order valence-electron chi connectivity index (χ2n) is 8.11. The van der Waals surface area contributed by atoms with Crippen molar-refractivity contribution in [1.29, 1.82) is 0 Å². The van der Waals surface area contributed by atoms with Crippen LogP contribution < -0.4 is 5.32 Å². The van der Waals surface area contributed by atoms with Crippen LogP contribution in [0.5, 0.6) is 0 Å². The summed E-state index contributed by atoms with van der Waals surface area (Å²) in [5.41, 5.74) is 0. The van der Waals surface area contributed by atoms with Gasteiger partial charge in [0.05, 0.1) is 0 Å². The predicted molar refractivity (Wildman–Crippen MR) is 117 cm³/mol. The predicted octanol–water partition coefficient (Wildman–Crippen LogP) is 7.94. The summed E-state index contributed by atoms with van der Waals surface area (Å²) in [4.78, 5) is 11.8. The minimum absolute atomic E-state index is 0.265. The molecule has 0 saturated heterocycles. The van der Waals surface area contributed by atoms with Gasteiger partial charge in [-0.2, -0.15) is 0 Å². The van der Waals surface area contributed by atoms with Crippen molar-refractivity contribution in [3.63, 3.8) is 0 Å². The Kier molecular flexibility index (Phi) is 22.1. The molecule has 0 aliphatic rings. The maximum Gasteiger partial charge on any atom is 0.219 e. The molecule has 0 fully saturated rings. The zero-order chi connectivity index (χ0) is 19.1. The van der Waals surface area contributed by atoms with E-state index in [9.17, 15) is 4.79 Å². The maximum atomic E-state index is 11.8. The molecule has 0 aromatic heterocycles. The van der Waals surface area contributed by atoms with Gasteiger partial charge < -0.3 is 5.32 Å². The Morgan fingerprint density at radius 2 is 0.846 bits per heavy atom. The lowest BCUT2D eigenvalue weighted by atomic mass is 10.0. The van der Waals surface area contributed by atoms with Crippen LogP contribution in [-0.4, -0.2) is 12.5 Å². The van der Waals surface area contributed by atoms with Crippen LogP contribution in [0.25, 0.3) is 0 Å². The van der Waals surface area contributed by atoms with Crippen molar-refractivity contribution in [1.82, 2.24) is 5.32 Å². The van der Waals surface area contributed by atoms with Crippen molar-refractivity contribution >= 4 is 5.91 Å². The number of hydrogen-bond acceptors (Lipinski definition) is 1. The highest BCUT2D eigenvalue weighted by molar-refractivity contribution is 5.75. The minimum atomic E-state index is 0.265. The SMILES string of the molecule is CCCCCCCCCCCCCCCC(=O)NCCCCCCCC. The van der Waals surface area contributed by atoms with Gasteiger partial charge in [0.2, 0.25) is 5.91 Å². The van der Waals surface area contributed by atoms with Gasteiger partial charge >= 0.3 is 0 Å². The van der Waals surface area contributed by atoms with Gasteiger partial charge in [0.25, 0.3) is 0 Å². The number of carbonyl (C=O) groups is 1. The van der Waals surface area contributed by atoms with Gasteiger partial charge in [0.1, 0.15) is 0 Å². The Labute approximate surface area is 165 Å². The van der Waals surface area contributed by atoms with Gasteiger partial charge in [-0.15, -0.1) is 0 Å². The molecule has 0 heterocycles. The third-order valence-corrected chi connectivity index (χ3v) is 5.36. The quantitative estimate of drug-likeness (QED) is 0.205. The molecule has 156 valence electrons. The largest absolute Gasteiger partial charge is 0.356 e. The smallest absolute Gasteiger partial charge is 0.219 e. The van der Waals surface area contributed by atoms with Crippen LogP contribution >= 0.6 is 0 Å². The van der Waals surface area contributed by atoms with Crippen molar-refractivity contribution in [2.45, 2.75) is 142 Å². The first kappa shape index (κ1) is 25.5. The number of hydrogen-bond donors (Lipinski definition) is 1. The third kappa shape index (κ3) is 21.5. The van der Waals surface area contributed by atoms with Crippen LogP contribution in [0, 0.1) is 0 Å². The van der Waals surface area contributed by atoms with Gasteiger partial charge in [-0.1, -0.05) is 123 Å². The summed E-state index contributed by atoms with van der Waals surface area (Å²) in [5.74, 6) is 0.265. The molecule has 0 spiro atoms. The average molecular weight is 368 g/mol. The van der Waals surface area contributed by atoms with Crippen molar-refractivity contribution < 1.29 is 4.79 Å². The molecule has 0 rings (SSSR count). The van der Waals surface area contributed by atoms with E-state index >= 15 is 0 Å². The molecule has 0 aliphatic carbocycles. The molecule has 0 aliphatic heterocycles. The van der Waals surface area contributed by atoms with Gasteiger partial charge in [0.15, 0.2) is 0 Å².